The van der Waals surface area contributed by atoms with E-state index in [2.05, 4.69) is 35.7 Å². The van der Waals surface area contributed by atoms with Crippen molar-refractivity contribution < 1.29 is 9.13 Å². The van der Waals surface area contributed by atoms with E-state index in [1.165, 1.54) is 0 Å². The van der Waals surface area contributed by atoms with Crippen molar-refractivity contribution >= 4 is 22.9 Å². The Morgan fingerprint density at radius 1 is 1.12 bits per heavy atom. The van der Waals surface area contributed by atoms with E-state index in [-0.39, 0.29) is 6.04 Å². The zero-order valence-electron chi connectivity index (χ0n) is 17.6. The first kappa shape index (κ1) is 19.4. The number of nitrogens with one attached hydrogen (secondary N) is 2. The van der Waals surface area contributed by atoms with E-state index in [4.69, 9.17) is 4.74 Å². The van der Waals surface area contributed by atoms with Gasteiger partial charge in [0.25, 0.3) is 0 Å². The lowest BCUT2D eigenvalue weighted by Crippen LogP contribution is -2.57. The van der Waals surface area contributed by atoms with Crippen molar-refractivity contribution in [1.82, 2.24) is 34.1 Å². The highest BCUT2D eigenvalue weighted by atomic mass is 19.1. The van der Waals surface area contributed by atoms with Gasteiger partial charge in [-0.15, -0.1) is 5.10 Å². The van der Waals surface area contributed by atoms with Gasteiger partial charge >= 0.3 is 0 Å². The molecule has 2 atom stereocenters. The Kier molecular flexibility index (Phi) is 4.65. The topological polar surface area (TPSA) is 96.9 Å². The molecule has 0 radical (unpaired) electrons. The van der Waals surface area contributed by atoms with Gasteiger partial charge in [0.05, 0.1) is 31.0 Å². The molecular formula is C21H24FN9O. The molecule has 11 heteroatoms. The van der Waals surface area contributed by atoms with Crippen LogP contribution in [0.3, 0.4) is 0 Å². The summed E-state index contributed by atoms with van der Waals surface area (Å²) in [6, 6.07) is 5.83. The van der Waals surface area contributed by atoms with Gasteiger partial charge < -0.3 is 15.4 Å². The predicted molar refractivity (Wildman–Crippen MR) is 118 cm³/mol. The molecule has 0 spiro atoms. The van der Waals surface area contributed by atoms with E-state index >= 15 is 0 Å². The number of rotatable bonds is 5. The van der Waals surface area contributed by atoms with Crippen LogP contribution in [0, 0.1) is 0 Å². The van der Waals surface area contributed by atoms with Crippen LogP contribution in [-0.2, 0) is 4.74 Å². The van der Waals surface area contributed by atoms with E-state index in [0.29, 0.717) is 44.0 Å². The minimum atomic E-state index is -0.993. The molecule has 0 saturated carbocycles. The smallest absolute Gasteiger partial charge is 0.243 e. The zero-order valence-corrected chi connectivity index (χ0v) is 17.6. The van der Waals surface area contributed by atoms with Gasteiger partial charge in [-0.05, 0) is 24.6 Å². The molecule has 2 saturated heterocycles. The predicted octanol–water partition coefficient (Wildman–Crippen LogP) is 1.70. The number of halogens is 1. The van der Waals surface area contributed by atoms with Crippen LogP contribution in [0.25, 0.3) is 22.4 Å². The van der Waals surface area contributed by atoms with Crippen molar-refractivity contribution in [1.29, 1.82) is 0 Å². The van der Waals surface area contributed by atoms with Gasteiger partial charge in [-0.25, -0.2) is 18.4 Å². The van der Waals surface area contributed by atoms with Crippen LogP contribution >= 0.6 is 0 Å². The Balaban J connectivity index is 1.28. The number of piperidine rings is 1. The molecule has 2 fully saturated rings. The first-order valence-corrected chi connectivity index (χ1v) is 10.8. The second-order valence-corrected chi connectivity index (χ2v) is 8.25. The van der Waals surface area contributed by atoms with Crippen LogP contribution in [0.5, 0.6) is 0 Å². The van der Waals surface area contributed by atoms with Crippen molar-refractivity contribution in [3.63, 3.8) is 0 Å². The minimum absolute atomic E-state index is 0.324. The number of hydrogen-bond acceptors (Lipinski definition) is 8. The molecule has 0 bridgehead atoms. The van der Waals surface area contributed by atoms with Crippen molar-refractivity contribution in [3.8, 4) is 11.3 Å². The molecule has 0 aliphatic carbocycles. The summed E-state index contributed by atoms with van der Waals surface area (Å²) in [7, 11) is 1.81. The SMILES string of the molecule is CNc1nc(NC2CCN(C3COC3)C[C@@H]2F)nn2ccc(-c3ccc4nccn4n3)c12. The largest absolute Gasteiger partial charge is 0.378 e. The molecule has 4 aromatic rings. The third kappa shape index (κ3) is 3.24. The van der Waals surface area contributed by atoms with Crippen LogP contribution in [0.1, 0.15) is 6.42 Å². The van der Waals surface area contributed by atoms with Crippen LogP contribution in [0.2, 0.25) is 0 Å². The van der Waals surface area contributed by atoms with Gasteiger partial charge in [0.1, 0.15) is 11.7 Å². The highest BCUT2D eigenvalue weighted by Crippen LogP contribution is 2.29. The number of imidazole rings is 1. The lowest BCUT2D eigenvalue weighted by molar-refractivity contribution is -0.0794. The normalized spacial score (nSPS) is 22.3. The first-order chi connectivity index (χ1) is 15.7. The van der Waals surface area contributed by atoms with Gasteiger partial charge in [-0.3, -0.25) is 4.90 Å². The third-order valence-electron chi connectivity index (χ3n) is 6.30. The Hall–Kier alpha value is -3.31. The Bertz CT molecular complexity index is 1270. The molecule has 6 heterocycles. The molecule has 4 aromatic heterocycles. The van der Waals surface area contributed by atoms with Gasteiger partial charge in [0.2, 0.25) is 5.95 Å². The van der Waals surface area contributed by atoms with E-state index < -0.39 is 6.17 Å². The van der Waals surface area contributed by atoms with Crippen molar-refractivity contribution in [2.45, 2.75) is 24.7 Å². The Morgan fingerprint density at radius 3 is 2.81 bits per heavy atom. The van der Waals surface area contributed by atoms with Crippen LogP contribution in [-0.4, -0.2) is 85.7 Å². The zero-order chi connectivity index (χ0) is 21.7. The number of hydrogen-bond donors (Lipinski definition) is 2. The molecule has 2 aliphatic rings. The van der Waals surface area contributed by atoms with Crippen LogP contribution in [0.15, 0.2) is 36.8 Å². The van der Waals surface area contributed by atoms with Crippen molar-refractivity contribution in [2.75, 3.05) is 44.0 Å². The summed E-state index contributed by atoms with van der Waals surface area (Å²) in [5, 5.41) is 15.6. The summed E-state index contributed by atoms with van der Waals surface area (Å²) in [6.07, 6.45) is 5.09. The van der Waals surface area contributed by atoms with Gasteiger partial charge in [-0.1, -0.05) is 0 Å². The maximum absolute atomic E-state index is 14.9. The fourth-order valence-corrected chi connectivity index (χ4v) is 4.45. The lowest BCUT2D eigenvalue weighted by Gasteiger charge is -2.42. The summed E-state index contributed by atoms with van der Waals surface area (Å²) in [5.74, 6) is 1.05. The number of ether oxygens (including phenoxy) is 1. The van der Waals surface area contributed by atoms with Crippen LogP contribution in [0.4, 0.5) is 16.2 Å². The summed E-state index contributed by atoms with van der Waals surface area (Å²) in [5.41, 5.74) is 3.28. The molecule has 0 amide bonds. The summed E-state index contributed by atoms with van der Waals surface area (Å²) >= 11 is 0. The van der Waals surface area contributed by atoms with E-state index in [1.807, 2.05) is 37.6 Å². The number of anilines is 2. The molecule has 6 rings (SSSR count). The quantitative estimate of drug-likeness (QED) is 0.487. The summed E-state index contributed by atoms with van der Waals surface area (Å²) in [4.78, 5) is 11.1. The van der Waals surface area contributed by atoms with Crippen molar-refractivity contribution in [2.24, 2.45) is 0 Å². The molecule has 0 aromatic carbocycles. The maximum atomic E-state index is 14.9. The van der Waals surface area contributed by atoms with Crippen LogP contribution < -0.4 is 10.6 Å². The number of nitrogens with zero attached hydrogens (tertiary/aromatic N) is 7. The Morgan fingerprint density at radius 2 is 2.03 bits per heavy atom. The maximum Gasteiger partial charge on any atom is 0.243 e. The van der Waals surface area contributed by atoms with Gasteiger partial charge in [-0.2, -0.15) is 10.1 Å². The molecule has 2 aliphatic heterocycles. The second kappa shape index (κ2) is 7.68. The van der Waals surface area contributed by atoms with Gasteiger partial charge in [0, 0.05) is 44.3 Å². The summed E-state index contributed by atoms with van der Waals surface area (Å²) < 4.78 is 23.6. The number of aromatic nitrogens is 6. The number of fused-ring (bicyclic) bond motifs is 2. The average molecular weight is 437 g/mol. The minimum Gasteiger partial charge on any atom is -0.378 e. The second-order valence-electron chi connectivity index (χ2n) is 8.25. The first-order valence-electron chi connectivity index (χ1n) is 10.8. The molecule has 10 nitrogen and oxygen atoms in total. The Labute approximate surface area is 183 Å². The third-order valence-corrected chi connectivity index (χ3v) is 6.30. The van der Waals surface area contributed by atoms with Crippen molar-refractivity contribution in [3.05, 3.63) is 36.8 Å². The lowest BCUT2D eigenvalue weighted by atomic mass is 10.0. The standard InChI is InChI=1S/C21H24FN9O/c1-23-20-19-14(16-2-3-18-24-6-9-30(18)27-16)4-8-31(19)28-21(26-20)25-17-5-7-29(10-15(17)22)13-11-32-12-13/h2-4,6,8-9,13,15,17H,5,7,10-12H2,1H3,(H2,23,25,26,28)/t15-,17?/m0/s1. The summed E-state index contributed by atoms with van der Waals surface area (Å²) in [6.45, 7) is 2.65. The monoisotopic (exact) mass is 437 g/mol. The molecule has 1 unspecified atom stereocenters. The molecule has 2 N–H and O–H groups in total. The highest BCUT2D eigenvalue weighted by molar-refractivity contribution is 5.87. The average Bonchev–Trinajstić information content (AvgIpc) is 3.40. The van der Waals surface area contributed by atoms with Gasteiger partial charge in [0.15, 0.2) is 11.5 Å². The number of alkyl halides is 1. The molecule has 32 heavy (non-hydrogen) atoms. The van der Waals surface area contributed by atoms with E-state index in [9.17, 15) is 4.39 Å². The number of likely N-dealkylation sites (tertiary alicyclic amines) is 1. The fraction of sp³-hybridized carbons (Fsp3) is 0.429. The molecule has 166 valence electrons. The highest BCUT2D eigenvalue weighted by Gasteiger charge is 2.35. The van der Waals surface area contributed by atoms with E-state index in [1.54, 1.807) is 15.2 Å². The van der Waals surface area contributed by atoms with E-state index in [0.717, 1.165) is 29.0 Å². The molecular weight excluding hydrogens is 413 g/mol. The fourth-order valence-electron chi connectivity index (χ4n) is 4.45.